The van der Waals surface area contributed by atoms with Gasteiger partial charge in [0.25, 0.3) is 0 Å². The van der Waals surface area contributed by atoms with Gasteiger partial charge in [-0.1, -0.05) is 22.0 Å². The second-order valence-corrected chi connectivity index (χ2v) is 8.19. The molecule has 0 saturated carbocycles. The fraction of sp³-hybridized carbons (Fsp3) is 0.200. The van der Waals surface area contributed by atoms with E-state index in [1.807, 2.05) is 29.6 Å². The lowest BCUT2D eigenvalue weighted by molar-refractivity contribution is 0.174. The van der Waals surface area contributed by atoms with Crippen molar-refractivity contribution in [3.8, 4) is 11.5 Å². The van der Waals surface area contributed by atoms with Crippen molar-refractivity contribution in [3.63, 3.8) is 0 Å². The molecule has 2 nitrogen and oxygen atoms in total. The van der Waals surface area contributed by atoms with E-state index < -0.39 is 0 Å². The van der Waals surface area contributed by atoms with E-state index in [2.05, 4.69) is 47.1 Å². The summed E-state index contributed by atoms with van der Waals surface area (Å²) >= 11 is 7.45. The molecule has 0 fully saturated rings. The van der Waals surface area contributed by atoms with Crippen LogP contribution in [0.15, 0.2) is 44.6 Å². The van der Waals surface area contributed by atoms with Gasteiger partial charge in [0.2, 0.25) is 6.79 Å². The summed E-state index contributed by atoms with van der Waals surface area (Å²) in [6.45, 7) is 2.45. The highest BCUT2D eigenvalue weighted by molar-refractivity contribution is 9.10. The molecule has 0 N–H and O–H groups in total. The van der Waals surface area contributed by atoms with Crippen LogP contribution in [0.4, 0.5) is 0 Å². The summed E-state index contributed by atoms with van der Waals surface area (Å²) in [6.07, 6.45) is 0. The molecule has 2 aliphatic rings. The van der Waals surface area contributed by atoms with Crippen molar-refractivity contribution in [2.24, 2.45) is 0 Å². The van der Waals surface area contributed by atoms with Crippen molar-refractivity contribution in [2.45, 2.75) is 21.3 Å². The largest absolute Gasteiger partial charge is 0.454 e. The van der Waals surface area contributed by atoms with Gasteiger partial charge in [0.05, 0.1) is 4.58 Å². The van der Waals surface area contributed by atoms with Crippen LogP contribution in [0.3, 0.4) is 0 Å². The van der Waals surface area contributed by atoms with Crippen molar-refractivity contribution in [2.75, 3.05) is 6.79 Å². The molecule has 0 spiro atoms. The van der Waals surface area contributed by atoms with E-state index in [-0.39, 0.29) is 0 Å². The molecule has 2 heterocycles. The fourth-order valence-corrected chi connectivity index (χ4v) is 6.12. The van der Waals surface area contributed by atoms with Gasteiger partial charge in [0, 0.05) is 14.3 Å². The van der Waals surface area contributed by atoms with E-state index in [9.17, 15) is 0 Å². The summed E-state index contributed by atoms with van der Waals surface area (Å²) in [7, 11) is 0. The monoisotopic (exact) mass is 366 g/mol. The Morgan fingerprint density at radius 1 is 1.05 bits per heavy atom. The molecule has 0 radical (unpaired) electrons. The van der Waals surface area contributed by atoms with Crippen LogP contribution < -0.4 is 9.47 Å². The highest BCUT2D eigenvalue weighted by atomic mass is 79.9. The summed E-state index contributed by atoms with van der Waals surface area (Å²) in [4.78, 5) is 2.72. The van der Waals surface area contributed by atoms with Crippen molar-refractivity contribution in [3.05, 3.63) is 45.9 Å². The summed E-state index contributed by atoms with van der Waals surface area (Å²) in [6, 6.07) is 10.7. The molecule has 0 aromatic heterocycles. The van der Waals surface area contributed by atoms with Crippen LogP contribution in [0.5, 0.6) is 11.5 Å². The topological polar surface area (TPSA) is 18.5 Å². The van der Waals surface area contributed by atoms with Crippen LogP contribution in [-0.2, 0) is 0 Å². The number of fused-ring (bicyclic) bond motifs is 2. The molecule has 4 rings (SSSR count). The van der Waals surface area contributed by atoms with E-state index in [1.54, 1.807) is 0 Å². The van der Waals surface area contributed by atoms with E-state index in [1.165, 1.54) is 20.9 Å². The molecule has 0 amide bonds. The third kappa shape index (κ3) is 2.12. The number of benzene rings is 2. The second kappa shape index (κ2) is 4.90. The normalized spacial score (nSPS) is 19.2. The van der Waals surface area contributed by atoms with E-state index >= 15 is 0 Å². The molecule has 2 aliphatic heterocycles. The predicted molar refractivity (Wildman–Crippen MR) is 85.9 cm³/mol. The smallest absolute Gasteiger partial charge is 0.231 e. The van der Waals surface area contributed by atoms with Crippen LogP contribution in [-0.4, -0.2) is 6.79 Å². The average molecular weight is 367 g/mol. The van der Waals surface area contributed by atoms with Crippen LogP contribution in [0.25, 0.3) is 0 Å². The van der Waals surface area contributed by atoms with Gasteiger partial charge in [-0.25, -0.2) is 0 Å². The van der Waals surface area contributed by atoms with Crippen molar-refractivity contribution in [1.82, 2.24) is 0 Å². The van der Waals surface area contributed by atoms with E-state index in [4.69, 9.17) is 9.47 Å². The Morgan fingerprint density at radius 2 is 1.80 bits per heavy atom. The van der Waals surface area contributed by atoms with Crippen molar-refractivity contribution >= 4 is 39.5 Å². The summed E-state index contributed by atoms with van der Waals surface area (Å²) in [5.41, 5.74) is 2.56. The van der Waals surface area contributed by atoms with Crippen LogP contribution in [0, 0.1) is 6.92 Å². The minimum Gasteiger partial charge on any atom is -0.454 e. The molecule has 0 aliphatic carbocycles. The zero-order valence-corrected chi connectivity index (χ0v) is 13.9. The van der Waals surface area contributed by atoms with Gasteiger partial charge < -0.3 is 9.47 Å². The molecule has 102 valence electrons. The highest BCUT2D eigenvalue weighted by Gasteiger charge is 2.28. The minimum absolute atomic E-state index is 0.315. The SMILES string of the molecule is Cc1ccc2c(c1)S[C@@H](c1cc3c(cc1Br)OCO3)S2. The number of hydrogen-bond donors (Lipinski definition) is 0. The number of halogens is 1. The van der Waals surface area contributed by atoms with E-state index in [0.29, 0.717) is 11.4 Å². The van der Waals surface area contributed by atoms with Gasteiger partial charge in [-0.2, -0.15) is 0 Å². The molecule has 5 heteroatoms. The van der Waals surface area contributed by atoms with Crippen LogP contribution in [0.2, 0.25) is 0 Å². The first-order valence-electron chi connectivity index (χ1n) is 6.24. The molecular weight excluding hydrogens is 356 g/mol. The Labute approximate surface area is 134 Å². The lowest BCUT2D eigenvalue weighted by Crippen LogP contribution is -1.93. The van der Waals surface area contributed by atoms with Gasteiger partial charge in [0.1, 0.15) is 0 Å². The average Bonchev–Trinajstić information content (AvgIpc) is 3.02. The zero-order chi connectivity index (χ0) is 13.7. The Balaban J connectivity index is 1.70. The first kappa shape index (κ1) is 12.9. The number of thioether (sulfide) groups is 2. The Hall–Kier alpha value is -0.780. The Bertz CT molecular complexity index is 703. The van der Waals surface area contributed by atoms with Gasteiger partial charge in [-0.3, -0.25) is 0 Å². The number of aryl methyl sites for hydroxylation is 1. The number of rotatable bonds is 1. The maximum atomic E-state index is 5.49. The van der Waals surface area contributed by atoms with Crippen molar-refractivity contribution < 1.29 is 9.47 Å². The molecular formula is C15H11BrO2S2. The first-order chi connectivity index (χ1) is 9.70. The zero-order valence-electron chi connectivity index (χ0n) is 10.7. The lowest BCUT2D eigenvalue weighted by Gasteiger charge is -2.11. The van der Waals surface area contributed by atoms with Crippen LogP contribution in [0.1, 0.15) is 15.7 Å². The van der Waals surface area contributed by atoms with Gasteiger partial charge >= 0.3 is 0 Å². The minimum atomic E-state index is 0.315. The third-order valence-corrected chi connectivity index (χ3v) is 6.84. The van der Waals surface area contributed by atoms with Crippen LogP contribution >= 0.6 is 39.5 Å². The van der Waals surface area contributed by atoms with E-state index in [0.717, 1.165) is 16.0 Å². The third-order valence-electron chi connectivity index (χ3n) is 3.31. The molecule has 2 aromatic rings. The summed E-state index contributed by atoms with van der Waals surface area (Å²) in [5.74, 6) is 1.67. The maximum absolute atomic E-state index is 5.49. The predicted octanol–water partition coefficient (Wildman–Crippen LogP) is 5.38. The first-order valence-corrected chi connectivity index (χ1v) is 8.79. The van der Waals surface area contributed by atoms with Crippen molar-refractivity contribution in [1.29, 1.82) is 0 Å². The Morgan fingerprint density at radius 3 is 2.65 bits per heavy atom. The van der Waals surface area contributed by atoms with Gasteiger partial charge in [-0.05, 0) is 42.3 Å². The molecule has 2 aromatic carbocycles. The summed E-state index contributed by atoms with van der Waals surface area (Å²) < 4.78 is 12.3. The number of hydrogen-bond acceptors (Lipinski definition) is 4. The Kier molecular flexibility index (Phi) is 3.16. The molecule has 1 atom stereocenters. The molecule has 0 unspecified atom stereocenters. The molecule has 0 bridgehead atoms. The second-order valence-electron chi connectivity index (χ2n) is 4.74. The lowest BCUT2D eigenvalue weighted by atomic mass is 10.2. The van der Waals surface area contributed by atoms with Gasteiger partial charge in [0.15, 0.2) is 11.5 Å². The van der Waals surface area contributed by atoms with Gasteiger partial charge in [-0.15, -0.1) is 23.5 Å². The molecule has 0 saturated heterocycles. The maximum Gasteiger partial charge on any atom is 0.231 e. The quantitative estimate of drug-likeness (QED) is 0.673. The number of ether oxygens (including phenoxy) is 2. The fourth-order valence-electron chi connectivity index (χ4n) is 2.30. The molecule has 20 heavy (non-hydrogen) atoms. The summed E-state index contributed by atoms with van der Waals surface area (Å²) in [5, 5.41) is 0. The highest BCUT2D eigenvalue weighted by Crippen LogP contribution is 2.58. The standard InChI is InChI=1S/C15H11BrO2S2/c1-8-2-3-13-14(4-8)20-15(19-13)9-5-11-12(6-10(9)16)18-7-17-11/h2-6,15H,7H2,1H3/t15-/m0/s1.